The van der Waals surface area contributed by atoms with Gasteiger partial charge in [0.2, 0.25) is 5.91 Å². The highest BCUT2D eigenvalue weighted by molar-refractivity contribution is 7.77. The smallest absolute Gasteiger partial charge is 0.311 e. The van der Waals surface area contributed by atoms with E-state index in [2.05, 4.69) is 0 Å². The van der Waals surface area contributed by atoms with Crippen molar-refractivity contribution in [3.63, 3.8) is 0 Å². The molecule has 15 nitrogen and oxygen atoms in total. The van der Waals surface area contributed by atoms with Gasteiger partial charge in [0.25, 0.3) is 0 Å². The predicted octanol–water partition coefficient (Wildman–Crippen LogP) is 12.1. The number of aliphatic hydroxyl groups excluding tert-OH is 3. The highest BCUT2D eigenvalue weighted by atomic mass is 31.2. The number of carbonyl (C=O) groups excluding carboxylic acids is 2. The second kappa shape index (κ2) is 33.3. The highest BCUT2D eigenvalue weighted by Crippen LogP contribution is 2.77. The summed E-state index contributed by atoms with van der Waals surface area (Å²) in [5.74, 6) is -3.16. The van der Waals surface area contributed by atoms with Crippen LogP contribution in [0.5, 0.6) is 0 Å². The number of aliphatic hydroxyl groups is 5. The SMILES string of the molecule is CC[C@H]1OC(=O)[C@H](C)[C@@H](O[C@H]2C[C@@](C)(OC)[C@@H](O)[C@H](C)O2)[C@H](C)[C@@H](O[C@@H]2O[C@H](C)C[C@H](N(C)C)[C@H]2O)[C@](C)(O)C[C@@H](C)CN(C(=O)CCCCCCCCCCCC[P+](C2CCCCC2)(C2CCCCC2)C2CCCCC2)[C@H](C)[C@@H](O)[C@]1(C)O. The lowest BCUT2D eigenvalue weighted by Gasteiger charge is -2.49. The number of carbonyl (C=O) groups is 2. The molecule has 3 saturated heterocycles. The number of hydrogen-bond acceptors (Lipinski definition) is 14. The minimum absolute atomic E-state index is 0.0953. The second-order valence-electron chi connectivity index (χ2n) is 29.2. The zero-order valence-corrected chi connectivity index (χ0v) is 56.3. The molecule has 3 aliphatic carbocycles. The van der Waals surface area contributed by atoms with E-state index in [1.807, 2.05) is 39.8 Å². The minimum Gasteiger partial charge on any atom is -0.459 e. The number of esters is 1. The van der Waals surface area contributed by atoms with Crippen LogP contribution in [0.2, 0.25) is 0 Å². The Hall–Kier alpha value is -1.07. The summed E-state index contributed by atoms with van der Waals surface area (Å²) in [5.41, 5.74) is -1.51. The van der Waals surface area contributed by atoms with Crippen LogP contribution in [-0.2, 0) is 38.0 Å². The Labute approximate surface area is 511 Å². The number of amides is 1. The molecule has 0 aromatic rings. The maximum absolute atomic E-state index is 14.7. The molecule has 5 N–H and O–H groups in total. The topological polar surface area (TPSA) is 197 Å². The van der Waals surface area contributed by atoms with E-state index < -0.39 is 103 Å². The van der Waals surface area contributed by atoms with Crippen LogP contribution in [0.1, 0.15) is 262 Å². The Morgan fingerprint density at radius 3 is 1.71 bits per heavy atom. The number of unbranched alkanes of at least 4 members (excludes halogenated alkanes) is 9. The van der Waals surface area contributed by atoms with E-state index in [0.717, 1.165) is 36.2 Å². The van der Waals surface area contributed by atoms with E-state index in [1.54, 1.807) is 91.1 Å². The maximum Gasteiger partial charge on any atom is 0.311 e. The molecular weight excluding hydrogens is 1080 g/mol. The van der Waals surface area contributed by atoms with Crippen LogP contribution < -0.4 is 0 Å². The molecule has 0 spiro atoms. The fourth-order valence-corrected chi connectivity index (χ4v) is 24.8. The molecule has 3 aliphatic heterocycles. The Kier molecular flexibility index (Phi) is 28.5. The summed E-state index contributed by atoms with van der Waals surface area (Å²) >= 11 is 0. The standard InChI is InChI=1S/C68H126N2O13P/c1-14-56-68(10,77)61(73)50(6)70(57(71)40-32-21-19-17-15-16-18-20-22-33-41-84(52-34-26-23-27-35-52,53-36-28-24-29-37-53)54-38-30-25-31-39-54)45-46(2)43-66(8,76)63(83-65-59(72)55(69(11)12)42-47(3)79-65)48(4)60(49(5)64(75)81-56)82-58-44-67(9,78-13)62(74)51(7)80-58/h46-56,58-63,65,72-74,76-77H,14-45H2,1-13H3/q+1/t46-,47-,48+,49-,50-,51+,55+,56-,58+,59-,60+,61-,62+,63-,65+,66-,67-,68-/m1/s1. The van der Waals surface area contributed by atoms with Crippen LogP contribution in [0.4, 0.5) is 0 Å². The van der Waals surface area contributed by atoms with Gasteiger partial charge >= 0.3 is 5.97 Å². The number of likely N-dealkylation sites (N-methyl/N-ethyl adjacent to an activating group) is 1. The van der Waals surface area contributed by atoms with E-state index in [9.17, 15) is 35.1 Å². The third-order valence-corrected chi connectivity index (χ3v) is 28.9. The first-order chi connectivity index (χ1) is 39.8. The zero-order chi connectivity index (χ0) is 61.6. The first-order valence-electron chi connectivity index (χ1n) is 34.5. The average Bonchev–Trinajstić information content (AvgIpc) is 3.52. The molecule has 0 aromatic heterocycles. The summed E-state index contributed by atoms with van der Waals surface area (Å²) in [4.78, 5) is 32.9. The van der Waals surface area contributed by atoms with Crippen molar-refractivity contribution in [2.75, 3.05) is 33.9 Å². The van der Waals surface area contributed by atoms with Gasteiger partial charge in [-0.05, 0) is 184 Å². The Morgan fingerprint density at radius 2 is 1.21 bits per heavy atom. The number of ether oxygens (including phenoxy) is 6. The number of cyclic esters (lactones) is 1. The fraction of sp³-hybridized carbons (Fsp3) is 0.971. The molecule has 6 fully saturated rings. The van der Waals surface area contributed by atoms with Crippen LogP contribution in [-0.4, -0.2) is 188 Å². The Morgan fingerprint density at radius 1 is 0.702 bits per heavy atom. The van der Waals surface area contributed by atoms with Gasteiger partial charge < -0.3 is 63.8 Å². The van der Waals surface area contributed by atoms with E-state index >= 15 is 0 Å². The maximum atomic E-state index is 14.7. The monoisotopic (exact) mass is 1210 g/mol. The van der Waals surface area contributed by atoms with Crippen LogP contribution in [0.3, 0.4) is 0 Å². The molecule has 16 heteroatoms. The molecule has 3 saturated carbocycles. The number of hydrogen-bond donors (Lipinski definition) is 5. The van der Waals surface area contributed by atoms with E-state index in [0.29, 0.717) is 12.8 Å². The predicted molar refractivity (Wildman–Crippen MR) is 336 cm³/mol. The van der Waals surface area contributed by atoms with Crippen molar-refractivity contribution in [2.24, 2.45) is 17.8 Å². The molecular formula is C68H126N2O13P+. The lowest BCUT2D eigenvalue weighted by molar-refractivity contribution is -0.318. The van der Waals surface area contributed by atoms with Gasteiger partial charge in [-0.2, -0.15) is 0 Å². The normalized spacial score (nSPS) is 39.2. The molecule has 1 amide bonds. The van der Waals surface area contributed by atoms with Crippen molar-refractivity contribution >= 4 is 19.1 Å². The minimum atomic E-state index is -1.98. The molecule has 0 radical (unpaired) electrons. The Balaban J connectivity index is 1.11. The van der Waals surface area contributed by atoms with Crippen molar-refractivity contribution < 1.29 is 63.5 Å². The van der Waals surface area contributed by atoms with Crippen molar-refractivity contribution in [3.05, 3.63) is 0 Å². The molecule has 0 unspecified atom stereocenters. The van der Waals surface area contributed by atoms with E-state index in [-0.39, 0.29) is 56.2 Å². The molecule has 6 aliphatic rings. The number of methoxy groups -OCH3 is 1. The molecule has 84 heavy (non-hydrogen) atoms. The summed E-state index contributed by atoms with van der Waals surface area (Å²) < 4.78 is 38.4. The van der Waals surface area contributed by atoms with Gasteiger partial charge in [0.15, 0.2) is 12.6 Å². The van der Waals surface area contributed by atoms with E-state index in [1.165, 1.54) is 110 Å². The van der Waals surface area contributed by atoms with Gasteiger partial charge in [0.1, 0.15) is 30.0 Å². The zero-order valence-electron chi connectivity index (χ0n) is 55.4. The Bertz CT molecular complexity index is 1880. The summed E-state index contributed by atoms with van der Waals surface area (Å²) in [5, 5.41) is 60.6. The molecule has 0 bridgehead atoms. The lowest BCUT2D eigenvalue weighted by atomic mass is 9.77. The first-order valence-corrected chi connectivity index (χ1v) is 36.7. The quantitative estimate of drug-likeness (QED) is 0.0368. The molecule has 18 atom stereocenters. The third kappa shape index (κ3) is 18.3. The van der Waals surface area contributed by atoms with Crippen molar-refractivity contribution in [1.29, 1.82) is 0 Å². The third-order valence-electron chi connectivity index (χ3n) is 22.2. The van der Waals surface area contributed by atoms with Crippen LogP contribution >= 0.6 is 7.26 Å². The molecule has 3 heterocycles. The number of nitrogens with zero attached hydrogens (tertiary/aromatic N) is 2. The summed E-state index contributed by atoms with van der Waals surface area (Å²) in [6.45, 7) is 17.6. The van der Waals surface area contributed by atoms with Gasteiger partial charge in [-0.25, -0.2) is 0 Å². The summed E-state index contributed by atoms with van der Waals surface area (Å²) in [6, 6.07) is -1.21. The largest absolute Gasteiger partial charge is 0.459 e. The van der Waals surface area contributed by atoms with Gasteiger partial charge in [-0.3, -0.25) is 9.59 Å². The fourth-order valence-electron chi connectivity index (χ4n) is 17.2. The van der Waals surface area contributed by atoms with E-state index in [4.69, 9.17) is 28.4 Å². The van der Waals surface area contributed by atoms with Crippen molar-refractivity contribution in [3.8, 4) is 0 Å². The molecule has 0 aromatic carbocycles. The van der Waals surface area contributed by atoms with Gasteiger partial charge in [-0.15, -0.1) is 0 Å². The highest BCUT2D eigenvalue weighted by Gasteiger charge is 2.57. The lowest BCUT2D eigenvalue weighted by Crippen LogP contribution is -2.60. The van der Waals surface area contributed by atoms with Crippen LogP contribution in [0.15, 0.2) is 0 Å². The summed E-state index contributed by atoms with van der Waals surface area (Å²) in [7, 11) is 4.30. The number of rotatable bonds is 23. The van der Waals surface area contributed by atoms with Crippen LogP contribution in [0, 0.1) is 17.8 Å². The van der Waals surface area contributed by atoms with Gasteiger partial charge in [-0.1, -0.05) is 85.0 Å². The summed E-state index contributed by atoms with van der Waals surface area (Å²) in [6.07, 6.45) is 26.9. The van der Waals surface area contributed by atoms with Crippen molar-refractivity contribution in [1.82, 2.24) is 9.80 Å². The van der Waals surface area contributed by atoms with Gasteiger partial charge in [0, 0.05) is 45.7 Å². The second-order valence-corrected chi connectivity index (χ2v) is 33.8. The van der Waals surface area contributed by atoms with Gasteiger partial charge in [0.05, 0.1) is 70.7 Å². The van der Waals surface area contributed by atoms with Crippen LogP contribution in [0.25, 0.3) is 0 Å². The molecule has 490 valence electrons. The van der Waals surface area contributed by atoms with Crippen molar-refractivity contribution in [2.45, 2.75) is 369 Å². The average molecular weight is 1210 g/mol. The first kappa shape index (κ1) is 72.0. The molecule has 6 rings (SSSR count).